The first kappa shape index (κ1) is 12.7. The van der Waals surface area contributed by atoms with Gasteiger partial charge >= 0.3 is 0 Å². The molecule has 0 aliphatic rings. The highest BCUT2D eigenvalue weighted by Gasteiger charge is 2.32. The summed E-state index contributed by atoms with van der Waals surface area (Å²) >= 11 is 0. The molecule has 0 aromatic heterocycles. The summed E-state index contributed by atoms with van der Waals surface area (Å²) in [4.78, 5) is 0. The minimum Gasteiger partial charge on any atom is -0.384 e. The summed E-state index contributed by atoms with van der Waals surface area (Å²) in [7, 11) is 0. The van der Waals surface area contributed by atoms with Gasteiger partial charge in [-0.1, -0.05) is 19.1 Å². The molecule has 0 heterocycles. The Hall–Kier alpha value is -1.40. The van der Waals surface area contributed by atoms with E-state index in [9.17, 15) is 9.50 Å². The van der Waals surface area contributed by atoms with Gasteiger partial charge in [-0.25, -0.2) is 4.39 Å². The van der Waals surface area contributed by atoms with Gasteiger partial charge in [-0.2, -0.15) is 5.26 Å². The number of nitrogens with zero attached hydrogens (tertiary/aromatic N) is 1. The van der Waals surface area contributed by atoms with Gasteiger partial charge < -0.3 is 5.11 Å². The van der Waals surface area contributed by atoms with E-state index in [0.29, 0.717) is 17.5 Å². The lowest BCUT2D eigenvalue weighted by atomic mass is 9.82. The Morgan fingerprint density at radius 3 is 2.62 bits per heavy atom. The largest absolute Gasteiger partial charge is 0.384 e. The van der Waals surface area contributed by atoms with Crippen molar-refractivity contribution in [1.29, 1.82) is 5.26 Å². The van der Waals surface area contributed by atoms with Crippen LogP contribution in [0.1, 0.15) is 31.4 Å². The summed E-state index contributed by atoms with van der Waals surface area (Å²) in [6.07, 6.45) is 0.527. The third-order valence-corrected chi connectivity index (χ3v) is 3.00. The molecule has 1 aromatic carbocycles. The lowest BCUT2D eigenvalue weighted by Crippen LogP contribution is -2.30. The average molecular weight is 221 g/mol. The van der Waals surface area contributed by atoms with Crippen molar-refractivity contribution in [2.45, 2.75) is 32.8 Å². The molecule has 1 aromatic rings. The van der Waals surface area contributed by atoms with Gasteiger partial charge in [-0.3, -0.25) is 0 Å². The molecular formula is C13H16FNO. The van der Waals surface area contributed by atoms with Crippen LogP contribution in [0.5, 0.6) is 0 Å². The topological polar surface area (TPSA) is 44.0 Å². The Morgan fingerprint density at radius 1 is 1.56 bits per heavy atom. The van der Waals surface area contributed by atoms with E-state index in [-0.39, 0.29) is 5.82 Å². The van der Waals surface area contributed by atoms with Crippen LogP contribution in [0.3, 0.4) is 0 Å². The van der Waals surface area contributed by atoms with E-state index >= 15 is 0 Å². The van der Waals surface area contributed by atoms with E-state index in [4.69, 9.17) is 5.26 Å². The van der Waals surface area contributed by atoms with Gasteiger partial charge in [0.25, 0.3) is 0 Å². The second kappa shape index (κ2) is 4.63. The first-order chi connectivity index (χ1) is 7.43. The summed E-state index contributed by atoms with van der Waals surface area (Å²) in [6.45, 7) is 5.04. The highest BCUT2D eigenvalue weighted by molar-refractivity contribution is 5.29. The van der Waals surface area contributed by atoms with Crippen LogP contribution in [-0.4, -0.2) is 5.11 Å². The molecule has 16 heavy (non-hydrogen) atoms. The number of benzene rings is 1. The van der Waals surface area contributed by atoms with Crippen molar-refractivity contribution in [2.75, 3.05) is 0 Å². The van der Waals surface area contributed by atoms with Crippen molar-refractivity contribution in [3.63, 3.8) is 0 Å². The first-order valence-corrected chi connectivity index (χ1v) is 5.32. The van der Waals surface area contributed by atoms with Crippen LogP contribution in [0, 0.1) is 30.0 Å². The molecule has 0 saturated heterocycles. The van der Waals surface area contributed by atoms with Crippen molar-refractivity contribution >= 4 is 0 Å². The van der Waals surface area contributed by atoms with Crippen LogP contribution in [0.4, 0.5) is 4.39 Å². The van der Waals surface area contributed by atoms with Gasteiger partial charge in [0, 0.05) is 0 Å². The molecular weight excluding hydrogens is 205 g/mol. The molecule has 0 bridgehead atoms. The summed E-state index contributed by atoms with van der Waals surface area (Å²) < 4.78 is 13.4. The summed E-state index contributed by atoms with van der Waals surface area (Å²) in [6, 6.07) is 6.63. The molecule has 0 spiro atoms. The minimum absolute atomic E-state index is 0.356. The molecule has 86 valence electrons. The maximum absolute atomic E-state index is 13.4. The number of hydrogen-bond donors (Lipinski definition) is 1. The molecule has 0 saturated carbocycles. The monoisotopic (exact) mass is 221 g/mol. The quantitative estimate of drug-likeness (QED) is 0.852. The molecule has 1 rings (SSSR count). The van der Waals surface area contributed by atoms with Gasteiger partial charge in [-0.15, -0.1) is 0 Å². The van der Waals surface area contributed by atoms with E-state index < -0.39 is 11.5 Å². The number of hydrogen-bond acceptors (Lipinski definition) is 2. The SMILES string of the molecule is CCC(C#N)C(C)(O)c1ccc(C)c(F)c1. The van der Waals surface area contributed by atoms with Crippen molar-refractivity contribution in [3.8, 4) is 6.07 Å². The molecule has 2 unspecified atom stereocenters. The Balaban J connectivity index is 3.17. The molecule has 3 heteroatoms. The van der Waals surface area contributed by atoms with Crippen molar-refractivity contribution in [1.82, 2.24) is 0 Å². The minimum atomic E-state index is -1.31. The third kappa shape index (κ3) is 2.23. The van der Waals surface area contributed by atoms with Crippen molar-refractivity contribution in [2.24, 2.45) is 5.92 Å². The normalized spacial score (nSPS) is 16.2. The maximum atomic E-state index is 13.4. The van der Waals surface area contributed by atoms with Crippen LogP contribution in [-0.2, 0) is 5.60 Å². The van der Waals surface area contributed by atoms with Gasteiger partial charge in [0.2, 0.25) is 0 Å². The summed E-state index contributed by atoms with van der Waals surface area (Å²) in [5.41, 5.74) is -0.327. The smallest absolute Gasteiger partial charge is 0.126 e. The van der Waals surface area contributed by atoms with Crippen LogP contribution in [0.25, 0.3) is 0 Å². The second-order valence-corrected chi connectivity index (χ2v) is 4.20. The zero-order valence-electron chi connectivity index (χ0n) is 9.79. The molecule has 1 N–H and O–H groups in total. The first-order valence-electron chi connectivity index (χ1n) is 5.32. The lowest BCUT2D eigenvalue weighted by Gasteiger charge is -2.28. The standard InChI is InChI=1S/C13H16FNO/c1-4-10(8-15)13(3,16)11-6-5-9(2)12(14)7-11/h5-7,10,16H,4H2,1-3H3. The third-order valence-electron chi connectivity index (χ3n) is 3.00. The van der Waals surface area contributed by atoms with E-state index in [1.807, 2.05) is 6.92 Å². The predicted octanol–water partition coefficient (Wildman–Crippen LogP) is 2.89. The molecule has 0 aliphatic carbocycles. The number of aliphatic hydroxyl groups is 1. The van der Waals surface area contributed by atoms with Crippen LogP contribution in [0.2, 0.25) is 0 Å². The van der Waals surface area contributed by atoms with E-state index in [2.05, 4.69) is 6.07 Å². The highest BCUT2D eigenvalue weighted by Crippen LogP contribution is 2.31. The van der Waals surface area contributed by atoms with Crippen LogP contribution < -0.4 is 0 Å². The van der Waals surface area contributed by atoms with E-state index in [0.717, 1.165) is 0 Å². The number of aryl methyl sites for hydroxylation is 1. The zero-order valence-corrected chi connectivity index (χ0v) is 9.79. The lowest BCUT2D eigenvalue weighted by molar-refractivity contribution is 0.0148. The molecule has 2 nitrogen and oxygen atoms in total. The fourth-order valence-electron chi connectivity index (χ4n) is 1.72. The van der Waals surface area contributed by atoms with Crippen LogP contribution in [0.15, 0.2) is 18.2 Å². The van der Waals surface area contributed by atoms with E-state index in [1.165, 1.54) is 6.07 Å². The fourth-order valence-corrected chi connectivity index (χ4v) is 1.72. The number of rotatable bonds is 3. The van der Waals surface area contributed by atoms with Gasteiger partial charge in [-0.05, 0) is 37.5 Å². The van der Waals surface area contributed by atoms with Gasteiger partial charge in [0.15, 0.2) is 0 Å². The summed E-state index contributed by atoms with van der Waals surface area (Å²) in [5.74, 6) is -0.889. The predicted molar refractivity (Wildman–Crippen MR) is 60.1 cm³/mol. The Morgan fingerprint density at radius 2 is 2.19 bits per heavy atom. The number of nitriles is 1. The zero-order chi connectivity index (χ0) is 12.3. The second-order valence-electron chi connectivity index (χ2n) is 4.20. The van der Waals surface area contributed by atoms with Gasteiger partial charge in [0.05, 0.1) is 12.0 Å². The fraction of sp³-hybridized carbons (Fsp3) is 0.462. The van der Waals surface area contributed by atoms with Crippen LogP contribution >= 0.6 is 0 Å². The molecule has 2 atom stereocenters. The van der Waals surface area contributed by atoms with Crippen molar-refractivity contribution < 1.29 is 9.50 Å². The molecule has 0 fully saturated rings. The Kier molecular flexibility index (Phi) is 3.66. The van der Waals surface area contributed by atoms with E-state index in [1.54, 1.807) is 26.0 Å². The molecule has 0 amide bonds. The Labute approximate surface area is 95.3 Å². The Bertz CT molecular complexity index is 420. The molecule has 0 aliphatic heterocycles. The average Bonchev–Trinajstić information content (AvgIpc) is 2.23. The molecule has 0 radical (unpaired) electrons. The van der Waals surface area contributed by atoms with Crippen molar-refractivity contribution in [3.05, 3.63) is 35.1 Å². The van der Waals surface area contributed by atoms with Gasteiger partial charge in [0.1, 0.15) is 11.4 Å². The number of halogens is 1. The highest BCUT2D eigenvalue weighted by atomic mass is 19.1. The summed E-state index contributed by atoms with van der Waals surface area (Å²) in [5, 5.41) is 19.2. The maximum Gasteiger partial charge on any atom is 0.126 e.